The molecule has 0 bridgehead atoms. The third-order valence-corrected chi connectivity index (χ3v) is 6.25. The van der Waals surface area contributed by atoms with Crippen molar-refractivity contribution in [3.05, 3.63) is 23.3 Å². The zero-order chi connectivity index (χ0) is 17.3. The maximum atomic E-state index is 10.8. The first-order valence-corrected chi connectivity index (χ1v) is 9.97. The predicted octanol–water partition coefficient (Wildman–Crippen LogP) is 6.21. The molecule has 1 heterocycles. The monoisotopic (exact) mass is 330 g/mol. The third kappa shape index (κ3) is 3.43. The molecule has 3 atom stereocenters. The van der Waals surface area contributed by atoms with Crippen LogP contribution in [-0.2, 0) is 6.42 Å². The van der Waals surface area contributed by atoms with Crippen LogP contribution in [0.25, 0.3) is 0 Å². The highest BCUT2D eigenvalue weighted by Crippen LogP contribution is 2.55. The van der Waals surface area contributed by atoms with E-state index in [1.807, 2.05) is 6.07 Å². The smallest absolute Gasteiger partial charge is 0.127 e. The lowest BCUT2D eigenvalue weighted by Gasteiger charge is -2.48. The summed E-state index contributed by atoms with van der Waals surface area (Å²) in [5.41, 5.74) is 2.18. The Morgan fingerprint density at radius 1 is 1.17 bits per heavy atom. The molecular weight excluding hydrogens is 296 g/mol. The molecule has 2 nitrogen and oxygen atoms in total. The lowest BCUT2D eigenvalue weighted by atomic mass is 9.64. The van der Waals surface area contributed by atoms with E-state index >= 15 is 0 Å². The molecule has 1 aromatic carbocycles. The number of fused-ring (bicyclic) bond motifs is 3. The molecule has 1 aliphatic heterocycles. The maximum absolute atomic E-state index is 10.8. The van der Waals surface area contributed by atoms with Crippen LogP contribution in [0.5, 0.6) is 11.5 Å². The summed E-state index contributed by atoms with van der Waals surface area (Å²) in [7, 11) is 0. The largest absolute Gasteiger partial charge is 0.508 e. The van der Waals surface area contributed by atoms with Crippen LogP contribution in [0.2, 0.25) is 0 Å². The maximum Gasteiger partial charge on any atom is 0.127 e. The van der Waals surface area contributed by atoms with Crippen LogP contribution >= 0.6 is 0 Å². The van der Waals surface area contributed by atoms with Crippen molar-refractivity contribution in [1.82, 2.24) is 0 Å². The van der Waals surface area contributed by atoms with Crippen molar-refractivity contribution in [1.29, 1.82) is 0 Å². The number of aromatic hydroxyl groups is 1. The topological polar surface area (TPSA) is 29.5 Å². The lowest BCUT2D eigenvalue weighted by Crippen LogP contribution is -2.46. The fraction of sp³-hybridized carbons (Fsp3) is 0.727. The highest BCUT2D eigenvalue weighted by molar-refractivity contribution is 5.52. The summed E-state index contributed by atoms with van der Waals surface area (Å²) in [6.07, 6.45) is 9.70. The molecule has 2 aliphatic rings. The fourth-order valence-corrected chi connectivity index (χ4v) is 4.92. The van der Waals surface area contributed by atoms with Crippen molar-refractivity contribution in [2.24, 2.45) is 11.8 Å². The number of phenolic OH excluding ortho intramolecular Hbond substituents is 1. The number of unbranched alkanes of at least 4 members (excludes halogenated alkanes) is 3. The third-order valence-electron chi connectivity index (χ3n) is 6.25. The van der Waals surface area contributed by atoms with Gasteiger partial charge in [0.1, 0.15) is 17.1 Å². The molecule has 0 spiro atoms. The molecule has 1 fully saturated rings. The summed E-state index contributed by atoms with van der Waals surface area (Å²) in [5, 5.41) is 10.8. The summed E-state index contributed by atoms with van der Waals surface area (Å²) in [4.78, 5) is 0. The quantitative estimate of drug-likeness (QED) is 0.651. The van der Waals surface area contributed by atoms with Crippen LogP contribution < -0.4 is 4.74 Å². The molecule has 3 unspecified atom stereocenters. The second-order valence-corrected chi connectivity index (χ2v) is 8.67. The minimum Gasteiger partial charge on any atom is -0.508 e. The van der Waals surface area contributed by atoms with Crippen LogP contribution in [0.3, 0.4) is 0 Å². The Labute approximate surface area is 147 Å². The molecule has 1 N–H and O–H groups in total. The molecule has 0 saturated heterocycles. The molecule has 0 amide bonds. The van der Waals surface area contributed by atoms with Gasteiger partial charge < -0.3 is 9.84 Å². The van der Waals surface area contributed by atoms with Gasteiger partial charge in [0.05, 0.1) is 0 Å². The first kappa shape index (κ1) is 17.6. The summed E-state index contributed by atoms with van der Waals surface area (Å²) < 4.78 is 6.41. The Hall–Kier alpha value is -1.18. The van der Waals surface area contributed by atoms with E-state index in [9.17, 15) is 5.11 Å². The minimum atomic E-state index is -0.134. The predicted molar refractivity (Wildman–Crippen MR) is 99.9 cm³/mol. The van der Waals surface area contributed by atoms with E-state index < -0.39 is 0 Å². The molecule has 3 rings (SSSR count). The van der Waals surface area contributed by atoms with Crippen LogP contribution in [-0.4, -0.2) is 10.7 Å². The standard InChI is InChI=1S/C22H34O2/c1-5-6-7-8-9-16-13-19(23)21-17-12-15(2)10-11-18(17)22(3,4)24-20(21)14-16/h13-15,17-18,23H,5-12H2,1-4H3. The van der Waals surface area contributed by atoms with Gasteiger partial charge in [-0.3, -0.25) is 0 Å². The van der Waals surface area contributed by atoms with Gasteiger partial charge in [-0.15, -0.1) is 0 Å². The molecule has 0 aromatic heterocycles. The van der Waals surface area contributed by atoms with E-state index in [2.05, 4.69) is 33.8 Å². The molecular formula is C22H34O2. The zero-order valence-electron chi connectivity index (χ0n) is 15.9. The second kappa shape index (κ2) is 6.98. The van der Waals surface area contributed by atoms with Crippen LogP contribution in [0.1, 0.15) is 89.7 Å². The number of benzene rings is 1. The number of hydrogen-bond donors (Lipinski definition) is 1. The summed E-state index contributed by atoms with van der Waals surface area (Å²) in [5.74, 6) is 3.11. The van der Waals surface area contributed by atoms with Crippen molar-refractivity contribution in [2.45, 2.75) is 90.6 Å². The molecule has 134 valence electrons. The van der Waals surface area contributed by atoms with E-state index in [-0.39, 0.29) is 5.60 Å². The van der Waals surface area contributed by atoms with Gasteiger partial charge >= 0.3 is 0 Å². The van der Waals surface area contributed by atoms with Crippen molar-refractivity contribution in [3.8, 4) is 11.5 Å². The molecule has 0 radical (unpaired) electrons. The Morgan fingerprint density at radius 2 is 1.96 bits per heavy atom. The number of phenols is 1. The van der Waals surface area contributed by atoms with Gasteiger partial charge in [0.2, 0.25) is 0 Å². The Morgan fingerprint density at radius 3 is 2.71 bits per heavy atom. The van der Waals surface area contributed by atoms with Gasteiger partial charge in [0.25, 0.3) is 0 Å². The van der Waals surface area contributed by atoms with E-state index in [4.69, 9.17) is 4.74 Å². The van der Waals surface area contributed by atoms with Crippen LogP contribution in [0.4, 0.5) is 0 Å². The van der Waals surface area contributed by atoms with E-state index in [0.717, 1.165) is 23.7 Å². The van der Waals surface area contributed by atoms with Crippen molar-refractivity contribution < 1.29 is 9.84 Å². The Bertz CT molecular complexity index is 576. The molecule has 1 aromatic rings. The highest BCUT2D eigenvalue weighted by atomic mass is 16.5. The van der Waals surface area contributed by atoms with Crippen molar-refractivity contribution in [2.75, 3.05) is 0 Å². The Kier molecular flexibility index (Phi) is 5.13. The van der Waals surface area contributed by atoms with Gasteiger partial charge in [0.15, 0.2) is 0 Å². The number of rotatable bonds is 5. The molecule has 1 saturated carbocycles. The van der Waals surface area contributed by atoms with Gasteiger partial charge in [-0.25, -0.2) is 0 Å². The summed E-state index contributed by atoms with van der Waals surface area (Å²) in [6.45, 7) is 9.04. The van der Waals surface area contributed by atoms with Gasteiger partial charge in [-0.05, 0) is 69.1 Å². The van der Waals surface area contributed by atoms with E-state index in [1.54, 1.807) is 0 Å². The number of hydrogen-bond acceptors (Lipinski definition) is 2. The van der Waals surface area contributed by atoms with Crippen LogP contribution in [0, 0.1) is 11.8 Å². The van der Waals surface area contributed by atoms with E-state index in [1.165, 1.54) is 50.5 Å². The normalized spacial score (nSPS) is 27.9. The zero-order valence-corrected chi connectivity index (χ0v) is 15.9. The number of aryl methyl sites for hydroxylation is 1. The average Bonchev–Trinajstić information content (AvgIpc) is 2.50. The second-order valence-electron chi connectivity index (χ2n) is 8.67. The van der Waals surface area contributed by atoms with Crippen LogP contribution in [0.15, 0.2) is 12.1 Å². The van der Waals surface area contributed by atoms with Gasteiger partial charge in [0, 0.05) is 11.5 Å². The molecule has 2 heteroatoms. The lowest BCUT2D eigenvalue weighted by molar-refractivity contribution is -0.0145. The Balaban J connectivity index is 1.87. The first-order valence-electron chi connectivity index (χ1n) is 9.97. The van der Waals surface area contributed by atoms with Gasteiger partial charge in [-0.2, -0.15) is 0 Å². The summed E-state index contributed by atoms with van der Waals surface area (Å²) >= 11 is 0. The summed E-state index contributed by atoms with van der Waals surface area (Å²) in [6, 6.07) is 4.21. The highest BCUT2D eigenvalue weighted by Gasteiger charge is 2.47. The molecule has 24 heavy (non-hydrogen) atoms. The molecule has 1 aliphatic carbocycles. The van der Waals surface area contributed by atoms with E-state index in [0.29, 0.717) is 17.6 Å². The number of ether oxygens (including phenoxy) is 1. The average molecular weight is 331 g/mol. The fourth-order valence-electron chi connectivity index (χ4n) is 4.92. The minimum absolute atomic E-state index is 0.134. The first-order chi connectivity index (χ1) is 11.4. The SMILES string of the molecule is CCCCCCc1cc(O)c2c(c1)OC(C)(C)C1CCC(C)CC21. The van der Waals surface area contributed by atoms with Crippen molar-refractivity contribution in [3.63, 3.8) is 0 Å². The van der Waals surface area contributed by atoms with Gasteiger partial charge in [-0.1, -0.05) is 39.5 Å². The van der Waals surface area contributed by atoms with Crippen molar-refractivity contribution >= 4 is 0 Å².